The van der Waals surface area contributed by atoms with Gasteiger partial charge in [-0.1, -0.05) is 12.1 Å². The van der Waals surface area contributed by atoms with E-state index in [2.05, 4.69) is 5.32 Å². The van der Waals surface area contributed by atoms with Gasteiger partial charge >= 0.3 is 5.97 Å². The number of ether oxygens (including phenoxy) is 3. The smallest absolute Gasteiger partial charge is 0.310 e. The van der Waals surface area contributed by atoms with Crippen molar-refractivity contribution >= 4 is 17.6 Å². The Hall–Kier alpha value is -3.09. The number of rotatable bonds is 5. The number of carbonyl (C=O) groups excluding carboxylic acids is 2. The number of amides is 1. The number of hydrogen-bond acceptors (Lipinski definition) is 5. The third-order valence-electron chi connectivity index (χ3n) is 5.92. The molecule has 1 N–H and O–H groups in total. The minimum Gasteiger partial charge on any atom is -0.455 e. The van der Waals surface area contributed by atoms with Crippen molar-refractivity contribution in [2.24, 2.45) is 5.92 Å². The molecule has 0 radical (unpaired) electrons. The van der Waals surface area contributed by atoms with Crippen LogP contribution in [0.4, 0.5) is 10.1 Å². The molecule has 6 nitrogen and oxygen atoms in total. The zero-order valence-corrected chi connectivity index (χ0v) is 16.4. The summed E-state index contributed by atoms with van der Waals surface area (Å²) in [6.07, 6.45) is 4.52. The minimum absolute atomic E-state index is 0.0259. The maximum absolute atomic E-state index is 13.0. The number of anilines is 1. The second-order valence-corrected chi connectivity index (χ2v) is 8.14. The molecule has 3 aliphatic rings. The van der Waals surface area contributed by atoms with E-state index in [9.17, 15) is 14.0 Å². The minimum atomic E-state index is -0.550. The number of carbonyl (C=O) groups is 2. The fourth-order valence-electron chi connectivity index (χ4n) is 4.26. The van der Waals surface area contributed by atoms with Crippen LogP contribution in [0.5, 0.6) is 11.5 Å². The maximum atomic E-state index is 13.0. The van der Waals surface area contributed by atoms with Crippen LogP contribution >= 0.6 is 0 Å². The summed E-state index contributed by atoms with van der Waals surface area (Å²) in [5, 5.41) is 2.72. The Balaban J connectivity index is 1.11. The lowest BCUT2D eigenvalue weighted by Gasteiger charge is -2.21. The second-order valence-electron chi connectivity index (χ2n) is 8.14. The number of fused-ring (bicyclic) bond motifs is 1. The molecule has 30 heavy (non-hydrogen) atoms. The largest absolute Gasteiger partial charge is 0.455 e. The molecule has 2 aromatic rings. The van der Waals surface area contributed by atoms with Gasteiger partial charge in [0.2, 0.25) is 0 Å². The van der Waals surface area contributed by atoms with Crippen LogP contribution in [0.1, 0.15) is 43.6 Å². The van der Waals surface area contributed by atoms with E-state index >= 15 is 0 Å². The lowest BCUT2D eigenvalue weighted by Crippen LogP contribution is -2.34. The van der Waals surface area contributed by atoms with Crippen molar-refractivity contribution in [2.75, 3.05) is 11.9 Å². The van der Waals surface area contributed by atoms with Crippen molar-refractivity contribution in [3.05, 3.63) is 53.8 Å². The van der Waals surface area contributed by atoms with Gasteiger partial charge in [0, 0.05) is 24.6 Å². The van der Waals surface area contributed by atoms with Crippen LogP contribution in [-0.2, 0) is 14.3 Å². The Labute approximate surface area is 173 Å². The van der Waals surface area contributed by atoms with Crippen molar-refractivity contribution in [2.45, 2.75) is 43.8 Å². The van der Waals surface area contributed by atoms with E-state index < -0.39 is 17.7 Å². The van der Waals surface area contributed by atoms with E-state index in [0.717, 1.165) is 31.2 Å². The molecule has 1 heterocycles. The Kier molecular flexibility index (Phi) is 4.60. The first kappa shape index (κ1) is 18.9. The summed E-state index contributed by atoms with van der Waals surface area (Å²) in [6, 6.07) is 11.4. The summed E-state index contributed by atoms with van der Waals surface area (Å²) in [5.74, 6) is -0.642. The van der Waals surface area contributed by atoms with Crippen LogP contribution in [0.15, 0.2) is 42.5 Å². The van der Waals surface area contributed by atoms with Gasteiger partial charge in [-0.3, -0.25) is 9.59 Å². The molecular formula is C23H22FNO5. The summed E-state index contributed by atoms with van der Waals surface area (Å²) in [6.45, 7) is -0.357. The Morgan fingerprint density at radius 1 is 1.07 bits per heavy atom. The van der Waals surface area contributed by atoms with Gasteiger partial charge < -0.3 is 19.5 Å². The highest BCUT2D eigenvalue weighted by Crippen LogP contribution is 2.48. The van der Waals surface area contributed by atoms with Crippen LogP contribution in [0.25, 0.3) is 0 Å². The van der Waals surface area contributed by atoms with Gasteiger partial charge in [0.05, 0.1) is 5.92 Å². The van der Waals surface area contributed by atoms with E-state index in [-0.39, 0.29) is 24.3 Å². The van der Waals surface area contributed by atoms with Crippen LogP contribution < -0.4 is 14.8 Å². The number of nitrogens with one attached hydrogen (secondary N) is 1. The van der Waals surface area contributed by atoms with Gasteiger partial charge in [-0.05, 0) is 55.0 Å². The third-order valence-corrected chi connectivity index (χ3v) is 5.92. The Bertz CT molecular complexity index is 984. The predicted octanol–water partition coefficient (Wildman–Crippen LogP) is 4.15. The quantitative estimate of drug-likeness (QED) is 0.748. The standard InChI is InChI=1S/C23H22FNO5/c24-15-5-3-14(4-6-15)17-12-18(17)22(27)28-13-21(26)25-16-7-8-19-20(11-16)30-23(29-19)9-1-2-10-23/h3-8,11,17-18H,1-2,9-10,12-13H2,(H,25,26). The van der Waals surface area contributed by atoms with Gasteiger partial charge in [-0.2, -0.15) is 0 Å². The second kappa shape index (κ2) is 7.31. The van der Waals surface area contributed by atoms with Crippen molar-refractivity contribution in [1.29, 1.82) is 0 Å². The summed E-state index contributed by atoms with van der Waals surface area (Å²) < 4.78 is 30.1. The van der Waals surface area contributed by atoms with E-state index in [4.69, 9.17) is 14.2 Å². The van der Waals surface area contributed by atoms with E-state index in [1.807, 2.05) is 0 Å². The molecule has 1 spiro atoms. The molecule has 0 bridgehead atoms. The average molecular weight is 411 g/mol. The summed E-state index contributed by atoms with van der Waals surface area (Å²) >= 11 is 0. The molecule has 2 atom stereocenters. The monoisotopic (exact) mass is 411 g/mol. The molecule has 2 aromatic carbocycles. The molecule has 2 aliphatic carbocycles. The number of benzene rings is 2. The molecule has 0 saturated heterocycles. The van der Waals surface area contributed by atoms with Gasteiger partial charge in [0.15, 0.2) is 18.1 Å². The number of esters is 1. The molecule has 156 valence electrons. The SMILES string of the molecule is O=C(COC(=O)C1CC1c1ccc(F)cc1)Nc1ccc2c(c1)OC1(CCCC1)O2. The van der Waals surface area contributed by atoms with Crippen molar-refractivity contribution in [3.63, 3.8) is 0 Å². The highest BCUT2D eigenvalue weighted by molar-refractivity contribution is 5.93. The molecule has 2 unspecified atom stereocenters. The van der Waals surface area contributed by atoms with Crippen LogP contribution in [-0.4, -0.2) is 24.3 Å². The molecule has 0 aromatic heterocycles. The highest BCUT2D eigenvalue weighted by Gasteiger charge is 2.45. The molecule has 1 amide bonds. The van der Waals surface area contributed by atoms with Gasteiger partial charge in [-0.25, -0.2) is 4.39 Å². The van der Waals surface area contributed by atoms with Gasteiger partial charge in [0.1, 0.15) is 5.82 Å². The highest BCUT2D eigenvalue weighted by atomic mass is 19.1. The average Bonchev–Trinajstić information content (AvgIpc) is 3.28. The molecular weight excluding hydrogens is 389 g/mol. The first-order valence-corrected chi connectivity index (χ1v) is 10.3. The molecule has 2 fully saturated rings. The zero-order valence-electron chi connectivity index (χ0n) is 16.4. The molecule has 2 saturated carbocycles. The zero-order chi connectivity index (χ0) is 20.7. The first-order chi connectivity index (χ1) is 14.5. The maximum Gasteiger partial charge on any atom is 0.310 e. The fourth-order valence-corrected chi connectivity index (χ4v) is 4.26. The van der Waals surface area contributed by atoms with E-state index in [0.29, 0.717) is 23.6 Å². The summed E-state index contributed by atoms with van der Waals surface area (Å²) in [5.41, 5.74) is 1.47. The van der Waals surface area contributed by atoms with Crippen LogP contribution in [0, 0.1) is 11.7 Å². The number of halogens is 1. The molecule has 1 aliphatic heterocycles. The van der Waals surface area contributed by atoms with Crippen molar-refractivity contribution in [3.8, 4) is 11.5 Å². The normalized spacial score (nSPS) is 22.7. The summed E-state index contributed by atoms with van der Waals surface area (Å²) in [4.78, 5) is 24.4. The van der Waals surface area contributed by atoms with Gasteiger partial charge in [-0.15, -0.1) is 0 Å². The van der Waals surface area contributed by atoms with Crippen LogP contribution in [0.2, 0.25) is 0 Å². The summed E-state index contributed by atoms with van der Waals surface area (Å²) in [7, 11) is 0. The number of hydrogen-bond donors (Lipinski definition) is 1. The fraction of sp³-hybridized carbons (Fsp3) is 0.391. The van der Waals surface area contributed by atoms with Crippen molar-refractivity contribution < 1.29 is 28.2 Å². The van der Waals surface area contributed by atoms with Gasteiger partial charge in [0.25, 0.3) is 11.7 Å². The Morgan fingerprint density at radius 2 is 1.80 bits per heavy atom. The molecule has 5 rings (SSSR count). The molecule has 7 heteroatoms. The third kappa shape index (κ3) is 3.72. The van der Waals surface area contributed by atoms with E-state index in [1.54, 1.807) is 30.3 Å². The van der Waals surface area contributed by atoms with Crippen LogP contribution in [0.3, 0.4) is 0 Å². The lowest BCUT2D eigenvalue weighted by molar-refractivity contribution is -0.148. The van der Waals surface area contributed by atoms with E-state index in [1.165, 1.54) is 12.1 Å². The predicted molar refractivity (Wildman–Crippen MR) is 106 cm³/mol. The Morgan fingerprint density at radius 3 is 2.57 bits per heavy atom. The topological polar surface area (TPSA) is 73.9 Å². The first-order valence-electron chi connectivity index (χ1n) is 10.3. The van der Waals surface area contributed by atoms with Crippen molar-refractivity contribution in [1.82, 2.24) is 0 Å². The lowest BCUT2D eigenvalue weighted by atomic mass is 10.1.